The molecule has 0 saturated heterocycles. The van der Waals surface area contributed by atoms with Gasteiger partial charge in [-0.25, -0.2) is 0 Å². The SMILES string of the molecule is Cc1c(C)c2c(N(C)C)c(C)c(C)c3c4c(C)c5c(c(C)c4c(c1C)c23)c1c(C)c(C)c(C)c2c(N(C)C)c(C)c(C)c5c21.Cc1c(C)c2c(N(C)C)c(C)c(C)c3c4c(C)c5c(c(C)c4c(c1C)c23)c1c(C)c(C)c(N(C)C)c2c(C)c(C)c(C)c5c21. The van der Waals surface area contributed by atoms with Gasteiger partial charge >= 0.3 is 0 Å². The molecule has 0 heterocycles. The van der Waals surface area contributed by atoms with Crippen LogP contribution in [0.5, 0.6) is 0 Å². The predicted molar refractivity (Wildman–Crippen MR) is 399 cm³/mol. The molecule has 0 spiro atoms. The average Bonchev–Trinajstić information content (AvgIpc) is 1.51. The molecule has 0 unspecified atom stereocenters. The summed E-state index contributed by atoms with van der Waals surface area (Å²) in [5.74, 6) is 0. The summed E-state index contributed by atoms with van der Waals surface area (Å²) in [5.41, 5.74) is 39.7. The molecule has 4 nitrogen and oxygen atoms in total. The van der Waals surface area contributed by atoms with Gasteiger partial charge < -0.3 is 19.6 Å². The van der Waals surface area contributed by atoms with Crippen molar-refractivity contribution in [1.29, 1.82) is 0 Å². The summed E-state index contributed by atoms with van der Waals surface area (Å²) in [4.78, 5) is 9.37. The average molecular weight is 1160 g/mol. The number of rotatable bonds is 4. The third kappa shape index (κ3) is 6.73. The first kappa shape index (κ1) is 59.4. The quantitative estimate of drug-likeness (QED) is 0.174. The summed E-state index contributed by atoms with van der Waals surface area (Å²) >= 11 is 0. The van der Waals surface area contributed by atoms with Crippen LogP contribution in [0, 0.1) is 166 Å². The van der Waals surface area contributed by atoms with Crippen LogP contribution in [-0.2, 0) is 0 Å². The molecule has 0 aliphatic rings. The fourth-order valence-electron chi connectivity index (χ4n) is 19.0. The Hall–Kier alpha value is -7.56. The number of anilines is 4. The zero-order chi connectivity index (χ0) is 64.3. The first-order chi connectivity index (χ1) is 41.1. The molecule has 4 heteroatoms. The lowest BCUT2D eigenvalue weighted by Gasteiger charge is -2.24. The second-order valence-electron chi connectivity index (χ2n) is 29.0. The fraction of sp³-hybridized carbons (Fsp3) is 0.381. The molecule has 0 saturated carbocycles. The van der Waals surface area contributed by atoms with Crippen LogP contribution >= 0.6 is 0 Å². The van der Waals surface area contributed by atoms with Crippen LogP contribution in [0.15, 0.2) is 0 Å². The highest BCUT2D eigenvalue weighted by Gasteiger charge is 2.34. The van der Waals surface area contributed by atoms with Crippen molar-refractivity contribution in [3.63, 3.8) is 0 Å². The largest absolute Gasteiger partial charge is 0.377 e. The number of benzene rings is 10. The van der Waals surface area contributed by atoms with E-state index in [1.165, 1.54) is 286 Å². The third-order valence-corrected chi connectivity index (χ3v) is 24.4. The monoisotopic (exact) mass is 1160 g/mol. The summed E-state index contributed by atoms with van der Waals surface area (Å²) in [5, 5.41) is 35.2. The molecular formula is C84H96N4. The Morgan fingerprint density at radius 2 is 0.205 bits per heavy atom. The summed E-state index contributed by atoms with van der Waals surface area (Å²) in [6.45, 7) is 56.7. The number of fused-ring (bicyclic) bond motifs is 12. The Morgan fingerprint density at radius 1 is 0.102 bits per heavy atom. The van der Waals surface area contributed by atoms with Gasteiger partial charge in [-0.2, -0.15) is 0 Å². The van der Waals surface area contributed by atoms with Crippen LogP contribution in [0.3, 0.4) is 0 Å². The van der Waals surface area contributed by atoms with Crippen molar-refractivity contribution in [1.82, 2.24) is 0 Å². The van der Waals surface area contributed by atoms with Gasteiger partial charge in [0, 0.05) is 122 Å². The third-order valence-electron chi connectivity index (χ3n) is 24.4. The van der Waals surface area contributed by atoms with E-state index in [-0.39, 0.29) is 0 Å². The Morgan fingerprint density at radius 3 is 0.330 bits per heavy atom. The lowest BCUT2D eigenvalue weighted by Crippen LogP contribution is -2.12. The van der Waals surface area contributed by atoms with Crippen LogP contribution < -0.4 is 19.6 Å². The molecular weight excluding hydrogens is 1060 g/mol. The minimum Gasteiger partial charge on any atom is -0.377 e. The summed E-state index contributed by atoms with van der Waals surface area (Å²) in [7, 11) is 17.7. The van der Waals surface area contributed by atoms with Crippen LogP contribution in [0.1, 0.15) is 134 Å². The van der Waals surface area contributed by atoms with Crippen molar-refractivity contribution in [3.05, 3.63) is 134 Å². The van der Waals surface area contributed by atoms with Gasteiger partial charge in [0.15, 0.2) is 0 Å². The zero-order valence-corrected chi connectivity index (χ0v) is 59.8. The molecule has 0 atom stereocenters. The molecule has 14 rings (SSSR count). The minimum absolute atomic E-state index is 1.37. The second kappa shape index (κ2) is 19.0. The number of hydrogen-bond acceptors (Lipinski definition) is 4. The van der Waals surface area contributed by atoms with E-state index in [0.717, 1.165) is 0 Å². The van der Waals surface area contributed by atoms with Crippen molar-refractivity contribution in [3.8, 4) is 0 Å². The summed E-state index contributed by atoms with van der Waals surface area (Å²) in [6, 6.07) is 0. The van der Waals surface area contributed by atoms with E-state index in [1.807, 2.05) is 0 Å². The molecule has 88 heavy (non-hydrogen) atoms. The van der Waals surface area contributed by atoms with Gasteiger partial charge in [0.25, 0.3) is 0 Å². The van der Waals surface area contributed by atoms with Gasteiger partial charge in [-0.1, -0.05) is 0 Å². The Kier molecular flexibility index (Phi) is 12.8. The Bertz CT molecular complexity index is 4750. The van der Waals surface area contributed by atoms with Gasteiger partial charge in [-0.05, 0) is 386 Å². The van der Waals surface area contributed by atoms with E-state index in [9.17, 15) is 0 Å². The molecule has 0 N–H and O–H groups in total. The smallest absolute Gasteiger partial charge is 0.0476 e. The molecule has 452 valence electrons. The molecule has 0 amide bonds. The fourth-order valence-corrected chi connectivity index (χ4v) is 19.0. The van der Waals surface area contributed by atoms with E-state index >= 15 is 0 Å². The summed E-state index contributed by atoms with van der Waals surface area (Å²) in [6.07, 6.45) is 0. The predicted octanol–water partition coefficient (Wildman–Crippen LogP) is 22.6. The highest BCUT2D eigenvalue weighted by Crippen LogP contribution is 2.59. The lowest BCUT2D eigenvalue weighted by molar-refractivity contribution is 1.12. The normalized spacial score (nSPS) is 12.5. The van der Waals surface area contributed by atoms with Crippen LogP contribution in [0.2, 0.25) is 0 Å². The molecule has 14 aromatic carbocycles. The highest BCUT2D eigenvalue weighted by molar-refractivity contribution is 6.45. The highest BCUT2D eigenvalue weighted by atomic mass is 15.1. The van der Waals surface area contributed by atoms with Gasteiger partial charge in [-0.15, -0.1) is 0 Å². The number of hydrogen-bond donors (Lipinski definition) is 0. The molecule has 0 aliphatic heterocycles. The first-order valence-electron chi connectivity index (χ1n) is 32.5. The molecule has 0 fully saturated rings. The van der Waals surface area contributed by atoms with E-state index in [1.54, 1.807) is 0 Å². The first-order valence-corrected chi connectivity index (χ1v) is 32.5. The van der Waals surface area contributed by atoms with E-state index in [0.29, 0.717) is 0 Å². The zero-order valence-electron chi connectivity index (χ0n) is 59.8. The van der Waals surface area contributed by atoms with Gasteiger partial charge in [0.1, 0.15) is 0 Å². The van der Waals surface area contributed by atoms with E-state index in [2.05, 4.69) is 242 Å². The van der Waals surface area contributed by atoms with Crippen molar-refractivity contribution in [2.24, 2.45) is 0 Å². The van der Waals surface area contributed by atoms with Crippen molar-refractivity contribution in [2.45, 2.75) is 166 Å². The molecule has 14 aromatic rings. The van der Waals surface area contributed by atoms with Crippen LogP contribution in [0.25, 0.3) is 129 Å². The Balaban J connectivity index is 0.000000162. The second-order valence-corrected chi connectivity index (χ2v) is 29.0. The van der Waals surface area contributed by atoms with Crippen LogP contribution in [0.4, 0.5) is 22.7 Å². The maximum atomic E-state index is 2.43. The lowest BCUT2D eigenvalue weighted by atomic mass is 9.87. The van der Waals surface area contributed by atoms with Crippen molar-refractivity contribution in [2.75, 3.05) is 76.0 Å². The Labute approximate surface area is 524 Å². The van der Waals surface area contributed by atoms with Gasteiger partial charge in [0.2, 0.25) is 0 Å². The molecule has 0 radical (unpaired) electrons. The topological polar surface area (TPSA) is 13.0 Å². The van der Waals surface area contributed by atoms with Gasteiger partial charge in [-0.3, -0.25) is 0 Å². The maximum Gasteiger partial charge on any atom is 0.0476 e. The van der Waals surface area contributed by atoms with E-state index < -0.39 is 0 Å². The molecule has 0 aliphatic carbocycles. The maximum absolute atomic E-state index is 2.43. The summed E-state index contributed by atoms with van der Waals surface area (Å²) < 4.78 is 0. The van der Waals surface area contributed by atoms with E-state index in [4.69, 9.17) is 0 Å². The van der Waals surface area contributed by atoms with Crippen molar-refractivity contribution < 1.29 is 0 Å². The van der Waals surface area contributed by atoms with Gasteiger partial charge in [0.05, 0.1) is 0 Å². The van der Waals surface area contributed by atoms with Crippen LogP contribution in [-0.4, -0.2) is 56.4 Å². The minimum atomic E-state index is 1.37. The standard InChI is InChI=1S/2C42H48N2/c1-17-19(3)29-33-27(11)36-32-24(8)26(10)42(44(15)16)38-22(6)18(2)20(4)30(40(32)38)34(36)28(12)35(33)31-23(7)25(9)41(43(13)14)37(21(17)5)39(29)31;1-17-19(3)29-33-27(11)34-30-20(4)18(2)22(6)38-40(30)32(24(8)26(10)42(38)44(15)16)36(34)28(12)35(33)31-23(7)25(9)41(43(13)14)37(21(17)5)39(29)31/h2*1-16H3. The number of aryl methyl sites for hydroxylation is 16. The molecule has 0 aromatic heterocycles. The molecule has 0 bridgehead atoms. The van der Waals surface area contributed by atoms with Crippen molar-refractivity contribution >= 4 is 152 Å². The number of nitrogens with zero attached hydrogens (tertiary/aromatic N) is 4.